The Morgan fingerprint density at radius 2 is 1.58 bits per heavy atom. The lowest BCUT2D eigenvalue weighted by molar-refractivity contribution is -0.274. The molecule has 3 nitrogen and oxygen atoms in total. The van der Waals surface area contributed by atoms with E-state index < -0.39 is 6.36 Å². The van der Waals surface area contributed by atoms with E-state index in [1.807, 2.05) is 20.8 Å². The number of benzene rings is 1. The van der Waals surface area contributed by atoms with Gasteiger partial charge in [0.05, 0.1) is 0 Å². The topological polar surface area (TPSA) is 30.5 Å². The van der Waals surface area contributed by atoms with Gasteiger partial charge in [-0.25, -0.2) is 0 Å². The highest BCUT2D eigenvalue weighted by Gasteiger charge is 2.30. The van der Waals surface area contributed by atoms with Gasteiger partial charge in [0.25, 0.3) is 0 Å². The highest BCUT2D eigenvalue weighted by molar-refractivity contribution is 5.31. The summed E-state index contributed by atoms with van der Waals surface area (Å²) in [5, 5.41) is 3.21. The minimum absolute atomic E-state index is 0.0724. The van der Waals surface area contributed by atoms with Crippen LogP contribution >= 0.6 is 0 Å². The third-order valence-electron chi connectivity index (χ3n) is 2.21. The van der Waals surface area contributed by atoms with Gasteiger partial charge in [-0.1, -0.05) is 13.8 Å². The fraction of sp³-hybridized carbons (Fsp3) is 0.538. The van der Waals surface area contributed by atoms with Crippen LogP contribution in [0.15, 0.2) is 24.3 Å². The van der Waals surface area contributed by atoms with Gasteiger partial charge in [-0.3, -0.25) is 0 Å². The molecule has 1 atom stereocenters. The molecule has 0 saturated heterocycles. The lowest BCUT2D eigenvalue weighted by atomic mass is 10.3. The average Bonchev–Trinajstić information content (AvgIpc) is 2.27. The fourth-order valence-electron chi connectivity index (χ4n) is 1.40. The van der Waals surface area contributed by atoms with E-state index in [-0.39, 0.29) is 11.9 Å². The monoisotopic (exact) mass is 277 g/mol. The highest BCUT2D eigenvalue weighted by atomic mass is 19.4. The maximum absolute atomic E-state index is 12.0. The number of rotatable bonds is 6. The van der Waals surface area contributed by atoms with Crippen LogP contribution in [0.1, 0.15) is 20.8 Å². The van der Waals surface area contributed by atoms with E-state index in [1.54, 1.807) is 0 Å². The van der Waals surface area contributed by atoms with Gasteiger partial charge in [0.15, 0.2) is 0 Å². The molecule has 0 saturated carbocycles. The second-order valence-electron chi connectivity index (χ2n) is 4.51. The molecule has 0 radical (unpaired) electrons. The summed E-state index contributed by atoms with van der Waals surface area (Å²) >= 11 is 0. The molecule has 0 bridgehead atoms. The van der Waals surface area contributed by atoms with E-state index in [1.165, 1.54) is 24.3 Å². The lowest BCUT2D eigenvalue weighted by Crippen LogP contribution is -2.33. The van der Waals surface area contributed by atoms with E-state index in [4.69, 9.17) is 4.74 Å². The average molecular weight is 277 g/mol. The van der Waals surface area contributed by atoms with Gasteiger partial charge >= 0.3 is 6.36 Å². The van der Waals surface area contributed by atoms with Crippen molar-refractivity contribution in [2.75, 3.05) is 6.54 Å². The standard InChI is InChI=1S/C13H18F3NO2/c1-9(2)17-8-10(3)18-11-4-6-12(7-5-11)19-13(14,15)16/h4-7,9-10,17H,8H2,1-3H3. The molecule has 0 heterocycles. The summed E-state index contributed by atoms with van der Waals surface area (Å²) in [7, 11) is 0. The Morgan fingerprint density at radius 3 is 2.05 bits per heavy atom. The van der Waals surface area contributed by atoms with Crippen molar-refractivity contribution < 1.29 is 22.6 Å². The van der Waals surface area contributed by atoms with Crippen molar-refractivity contribution in [3.63, 3.8) is 0 Å². The normalized spacial score (nSPS) is 13.4. The summed E-state index contributed by atoms with van der Waals surface area (Å²) in [6, 6.07) is 5.71. The molecule has 1 N–H and O–H groups in total. The van der Waals surface area contributed by atoms with Gasteiger partial charge in [0.2, 0.25) is 0 Å². The summed E-state index contributed by atoms with van der Waals surface area (Å²) in [4.78, 5) is 0. The number of ether oxygens (including phenoxy) is 2. The molecule has 0 aliphatic heterocycles. The zero-order valence-electron chi connectivity index (χ0n) is 11.1. The van der Waals surface area contributed by atoms with Crippen LogP contribution in [0.4, 0.5) is 13.2 Å². The Balaban J connectivity index is 2.48. The second kappa shape index (κ2) is 6.65. The molecule has 1 rings (SSSR count). The molecule has 0 amide bonds. The molecular weight excluding hydrogens is 259 g/mol. The van der Waals surface area contributed by atoms with Crippen LogP contribution in [0, 0.1) is 0 Å². The molecule has 0 aliphatic rings. The molecule has 0 spiro atoms. The Labute approximate surface area is 110 Å². The fourth-order valence-corrected chi connectivity index (χ4v) is 1.40. The Kier molecular flexibility index (Phi) is 5.47. The number of nitrogens with one attached hydrogen (secondary N) is 1. The van der Waals surface area contributed by atoms with Crippen molar-refractivity contribution in [2.24, 2.45) is 0 Å². The van der Waals surface area contributed by atoms with Crippen LogP contribution in [0.3, 0.4) is 0 Å². The first kappa shape index (κ1) is 15.6. The maximum Gasteiger partial charge on any atom is 0.573 e. The zero-order valence-corrected chi connectivity index (χ0v) is 11.1. The van der Waals surface area contributed by atoms with Gasteiger partial charge < -0.3 is 14.8 Å². The summed E-state index contributed by atoms with van der Waals surface area (Å²) in [6.07, 6.45) is -4.74. The van der Waals surface area contributed by atoms with Crippen molar-refractivity contribution in [1.82, 2.24) is 5.32 Å². The third kappa shape index (κ3) is 6.91. The summed E-state index contributed by atoms with van der Waals surface area (Å²) in [5.74, 6) is 0.250. The van der Waals surface area contributed by atoms with Gasteiger partial charge in [0.1, 0.15) is 17.6 Å². The minimum Gasteiger partial charge on any atom is -0.489 e. The van der Waals surface area contributed by atoms with Crippen LogP contribution < -0.4 is 14.8 Å². The first-order chi connectivity index (χ1) is 8.76. The van der Waals surface area contributed by atoms with Crippen molar-refractivity contribution >= 4 is 0 Å². The molecule has 0 fully saturated rings. The molecule has 0 aliphatic carbocycles. The molecule has 19 heavy (non-hydrogen) atoms. The molecule has 0 aromatic heterocycles. The van der Waals surface area contributed by atoms with Crippen molar-refractivity contribution in [3.05, 3.63) is 24.3 Å². The van der Waals surface area contributed by atoms with Crippen LogP contribution in [0.25, 0.3) is 0 Å². The van der Waals surface area contributed by atoms with Crippen molar-refractivity contribution in [1.29, 1.82) is 0 Å². The smallest absolute Gasteiger partial charge is 0.489 e. The number of halogens is 3. The van der Waals surface area contributed by atoms with Crippen LogP contribution in [0.2, 0.25) is 0 Å². The first-order valence-electron chi connectivity index (χ1n) is 6.02. The third-order valence-corrected chi connectivity index (χ3v) is 2.21. The zero-order chi connectivity index (χ0) is 14.5. The molecule has 1 aromatic carbocycles. The van der Waals surface area contributed by atoms with Crippen LogP contribution in [-0.2, 0) is 0 Å². The Bertz CT molecular complexity index is 376. The predicted molar refractivity (Wildman–Crippen MR) is 66.4 cm³/mol. The van der Waals surface area contributed by atoms with E-state index in [2.05, 4.69) is 10.1 Å². The van der Waals surface area contributed by atoms with E-state index in [0.29, 0.717) is 18.3 Å². The molecule has 1 unspecified atom stereocenters. The summed E-state index contributed by atoms with van der Waals surface area (Å²) in [5.41, 5.74) is 0. The van der Waals surface area contributed by atoms with Gasteiger partial charge in [-0.05, 0) is 31.2 Å². The number of hydrogen-bond acceptors (Lipinski definition) is 3. The molecule has 6 heteroatoms. The van der Waals surface area contributed by atoms with Crippen LogP contribution in [0.5, 0.6) is 11.5 Å². The Morgan fingerprint density at radius 1 is 1.05 bits per heavy atom. The second-order valence-corrected chi connectivity index (χ2v) is 4.51. The van der Waals surface area contributed by atoms with Gasteiger partial charge in [0, 0.05) is 12.6 Å². The summed E-state index contributed by atoms with van der Waals surface area (Å²) < 4.78 is 45.2. The van der Waals surface area contributed by atoms with Crippen molar-refractivity contribution in [3.8, 4) is 11.5 Å². The van der Waals surface area contributed by atoms with Crippen molar-refractivity contribution in [2.45, 2.75) is 39.3 Å². The Hall–Kier alpha value is -1.43. The number of alkyl halides is 3. The molecular formula is C13H18F3NO2. The van der Waals surface area contributed by atoms with Crippen LogP contribution in [-0.4, -0.2) is 25.1 Å². The highest BCUT2D eigenvalue weighted by Crippen LogP contribution is 2.24. The van der Waals surface area contributed by atoms with Gasteiger partial charge in [-0.2, -0.15) is 0 Å². The van der Waals surface area contributed by atoms with E-state index >= 15 is 0 Å². The molecule has 108 valence electrons. The largest absolute Gasteiger partial charge is 0.573 e. The molecule has 1 aromatic rings. The lowest BCUT2D eigenvalue weighted by Gasteiger charge is -2.17. The summed E-state index contributed by atoms with van der Waals surface area (Å²) in [6.45, 7) is 6.60. The first-order valence-corrected chi connectivity index (χ1v) is 6.02. The minimum atomic E-state index is -4.67. The quantitative estimate of drug-likeness (QED) is 0.865. The van der Waals surface area contributed by atoms with Gasteiger partial charge in [-0.15, -0.1) is 13.2 Å². The van der Waals surface area contributed by atoms with E-state index in [0.717, 1.165) is 0 Å². The number of hydrogen-bond donors (Lipinski definition) is 1. The predicted octanol–water partition coefficient (Wildman–Crippen LogP) is 3.35. The maximum atomic E-state index is 12.0. The van der Waals surface area contributed by atoms with E-state index in [9.17, 15) is 13.2 Å². The SMILES string of the molecule is CC(C)NCC(C)Oc1ccc(OC(F)(F)F)cc1.